The van der Waals surface area contributed by atoms with Gasteiger partial charge in [0.1, 0.15) is 0 Å². The lowest BCUT2D eigenvalue weighted by Crippen LogP contribution is -1.77. The highest BCUT2D eigenvalue weighted by molar-refractivity contribution is 5.97. The van der Waals surface area contributed by atoms with Gasteiger partial charge in [0.05, 0.1) is 0 Å². The highest BCUT2D eigenvalue weighted by Gasteiger charge is 2.11. The maximum atomic E-state index is 2.28. The lowest BCUT2D eigenvalue weighted by molar-refractivity contribution is 1.63. The van der Waals surface area contributed by atoms with Crippen LogP contribution in [0.2, 0.25) is 0 Å². The van der Waals surface area contributed by atoms with Gasteiger partial charge in [0, 0.05) is 0 Å². The second-order valence-corrected chi connectivity index (χ2v) is 3.46. The molecule has 0 aromatic heterocycles. The number of benzene rings is 2. The van der Waals surface area contributed by atoms with Crippen molar-refractivity contribution in [3.8, 4) is 0 Å². The molecule has 2 aromatic carbocycles. The fourth-order valence-corrected chi connectivity index (χ4v) is 1.78. The van der Waals surface area contributed by atoms with Crippen molar-refractivity contribution in [1.82, 2.24) is 0 Å². The number of fused-ring (bicyclic) bond motifs is 1. The van der Waals surface area contributed by atoms with Crippen LogP contribution in [0.25, 0.3) is 16.3 Å². The fraction of sp³-hybridized carbons (Fsp3) is 0.0769. The fourth-order valence-electron chi connectivity index (χ4n) is 1.78. The third-order valence-electron chi connectivity index (χ3n) is 2.54. The standard InChI is InChI=1S/C13H10/c1-2-6-12-10(4-1)5-3-7-13(12)11-8-9-11/h1-8H,9H2. The zero-order valence-corrected chi connectivity index (χ0v) is 7.33. The van der Waals surface area contributed by atoms with Crippen molar-refractivity contribution in [3.05, 3.63) is 54.1 Å². The van der Waals surface area contributed by atoms with E-state index in [2.05, 4.69) is 48.5 Å². The summed E-state index contributed by atoms with van der Waals surface area (Å²) < 4.78 is 0. The molecule has 2 aromatic rings. The Balaban J connectivity index is 2.39. The first-order chi connectivity index (χ1) is 6.45. The predicted molar refractivity (Wildman–Crippen MR) is 56.5 cm³/mol. The van der Waals surface area contributed by atoms with Gasteiger partial charge in [-0.1, -0.05) is 48.5 Å². The maximum absolute atomic E-state index is 2.28. The van der Waals surface area contributed by atoms with Gasteiger partial charge >= 0.3 is 0 Å². The van der Waals surface area contributed by atoms with Gasteiger partial charge in [-0.15, -0.1) is 0 Å². The Labute approximate surface area is 77.5 Å². The molecule has 62 valence electrons. The molecule has 0 N–H and O–H groups in total. The van der Waals surface area contributed by atoms with Gasteiger partial charge in [-0.2, -0.15) is 0 Å². The summed E-state index contributed by atoms with van der Waals surface area (Å²) >= 11 is 0. The molecule has 1 aliphatic carbocycles. The molecule has 0 saturated heterocycles. The minimum atomic E-state index is 1.17. The van der Waals surface area contributed by atoms with Crippen LogP contribution >= 0.6 is 0 Å². The van der Waals surface area contributed by atoms with E-state index in [9.17, 15) is 0 Å². The van der Waals surface area contributed by atoms with Crippen LogP contribution in [0.3, 0.4) is 0 Å². The van der Waals surface area contributed by atoms with Crippen LogP contribution in [0, 0.1) is 0 Å². The lowest BCUT2D eigenvalue weighted by Gasteiger charge is -2.01. The Kier molecular flexibility index (Phi) is 1.31. The molecule has 0 spiro atoms. The highest BCUT2D eigenvalue weighted by Crippen LogP contribution is 2.35. The van der Waals surface area contributed by atoms with Gasteiger partial charge in [-0.25, -0.2) is 0 Å². The number of hydrogen-bond acceptors (Lipinski definition) is 0. The predicted octanol–water partition coefficient (Wildman–Crippen LogP) is 3.63. The van der Waals surface area contributed by atoms with Crippen molar-refractivity contribution in [2.45, 2.75) is 6.42 Å². The largest absolute Gasteiger partial charge is 0.0760 e. The highest BCUT2D eigenvalue weighted by atomic mass is 14.2. The molecule has 0 aliphatic heterocycles. The molecule has 0 saturated carbocycles. The van der Waals surface area contributed by atoms with Gasteiger partial charge in [-0.3, -0.25) is 0 Å². The molecule has 0 bridgehead atoms. The molecule has 0 atom stereocenters. The van der Waals surface area contributed by atoms with Crippen molar-refractivity contribution in [2.75, 3.05) is 0 Å². The number of allylic oxidation sites excluding steroid dienone is 2. The second-order valence-electron chi connectivity index (χ2n) is 3.46. The number of hydrogen-bond donors (Lipinski definition) is 0. The molecule has 0 fully saturated rings. The van der Waals surface area contributed by atoms with Crippen molar-refractivity contribution >= 4 is 16.3 Å². The van der Waals surface area contributed by atoms with Crippen LogP contribution in [0.15, 0.2) is 48.5 Å². The van der Waals surface area contributed by atoms with Crippen LogP contribution < -0.4 is 0 Å². The van der Waals surface area contributed by atoms with E-state index in [1.807, 2.05) is 0 Å². The topological polar surface area (TPSA) is 0 Å². The Morgan fingerprint density at radius 2 is 1.62 bits per heavy atom. The van der Waals surface area contributed by atoms with E-state index in [1.54, 1.807) is 0 Å². The minimum Gasteiger partial charge on any atom is -0.0760 e. The zero-order valence-electron chi connectivity index (χ0n) is 7.33. The smallest absolute Gasteiger partial charge is 0.00882 e. The van der Waals surface area contributed by atoms with Crippen LogP contribution in [-0.4, -0.2) is 0 Å². The van der Waals surface area contributed by atoms with Crippen LogP contribution in [0.4, 0.5) is 0 Å². The quantitative estimate of drug-likeness (QED) is 0.607. The van der Waals surface area contributed by atoms with E-state index in [-0.39, 0.29) is 0 Å². The summed E-state index contributed by atoms with van der Waals surface area (Å²) in [5.41, 5.74) is 2.91. The first-order valence-electron chi connectivity index (χ1n) is 4.62. The van der Waals surface area contributed by atoms with Gasteiger partial charge < -0.3 is 0 Å². The molecule has 0 heterocycles. The first-order valence-corrected chi connectivity index (χ1v) is 4.62. The van der Waals surface area contributed by atoms with E-state index < -0.39 is 0 Å². The summed E-state index contributed by atoms with van der Waals surface area (Å²) in [6.07, 6.45) is 3.45. The molecule has 3 rings (SSSR count). The summed E-state index contributed by atoms with van der Waals surface area (Å²) in [6, 6.07) is 15.1. The van der Waals surface area contributed by atoms with Gasteiger partial charge in [0.25, 0.3) is 0 Å². The summed E-state index contributed by atoms with van der Waals surface area (Å²) in [7, 11) is 0. The van der Waals surface area contributed by atoms with E-state index in [1.165, 1.54) is 28.3 Å². The Hall–Kier alpha value is -1.56. The summed E-state index contributed by atoms with van der Waals surface area (Å²) in [4.78, 5) is 0. The zero-order chi connectivity index (χ0) is 8.67. The van der Waals surface area contributed by atoms with E-state index in [4.69, 9.17) is 0 Å². The molecule has 0 nitrogen and oxygen atoms in total. The first kappa shape index (κ1) is 6.90. The molecule has 13 heavy (non-hydrogen) atoms. The summed E-state index contributed by atoms with van der Waals surface area (Å²) in [6.45, 7) is 0. The van der Waals surface area contributed by atoms with E-state index in [0.717, 1.165) is 0 Å². The SMILES string of the molecule is C1=C(c2cccc3ccccc23)C1. The van der Waals surface area contributed by atoms with Crippen LogP contribution in [0.1, 0.15) is 12.0 Å². The molecular weight excluding hydrogens is 156 g/mol. The molecule has 0 unspecified atom stereocenters. The van der Waals surface area contributed by atoms with Crippen molar-refractivity contribution in [1.29, 1.82) is 0 Å². The van der Waals surface area contributed by atoms with Crippen molar-refractivity contribution in [3.63, 3.8) is 0 Å². The Morgan fingerprint density at radius 3 is 2.46 bits per heavy atom. The lowest BCUT2D eigenvalue weighted by atomic mass is 10.0. The third kappa shape index (κ3) is 1.06. The summed E-state index contributed by atoms with van der Waals surface area (Å²) in [5, 5.41) is 2.72. The van der Waals surface area contributed by atoms with E-state index in [0.29, 0.717) is 0 Å². The van der Waals surface area contributed by atoms with Crippen molar-refractivity contribution < 1.29 is 0 Å². The van der Waals surface area contributed by atoms with E-state index >= 15 is 0 Å². The molecular formula is C13H10. The van der Waals surface area contributed by atoms with Gasteiger partial charge in [0.2, 0.25) is 0 Å². The third-order valence-corrected chi connectivity index (χ3v) is 2.54. The van der Waals surface area contributed by atoms with Crippen LogP contribution in [0.5, 0.6) is 0 Å². The van der Waals surface area contributed by atoms with Crippen molar-refractivity contribution in [2.24, 2.45) is 0 Å². The van der Waals surface area contributed by atoms with Gasteiger partial charge in [-0.05, 0) is 28.3 Å². The Morgan fingerprint density at radius 1 is 0.846 bits per heavy atom. The molecule has 1 aliphatic rings. The average Bonchev–Trinajstić information content (AvgIpc) is 3.00. The second kappa shape index (κ2) is 2.46. The normalized spacial score (nSPS) is 14.3. The minimum absolute atomic E-state index is 1.17. The molecule has 0 radical (unpaired) electrons. The average molecular weight is 166 g/mol. The summed E-state index contributed by atoms with van der Waals surface area (Å²) in [5.74, 6) is 0. The molecule has 0 amide bonds. The van der Waals surface area contributed by atoms with Crippen LogP contribution in [-0.2, 0) is 0 Å². The van der Waals surface area contributed by atoms with Gasteiger partial charge in [0.15, 0.2) is 0 Å². The maximum Gasteiger partial charge on any atom is -0.00882 e. The Bertz CT molecular complexity index is 487. The monoisotopic (exact) mass is 166 g/mol. The molecule has 0 heteroatoms. The number of rotatable bonds is 1.